The van der Waals surface area contributed by atoms with Crippen molar-refractivity contribution < 1.29 is 4.52 Å². The Morgan fingerprint density at radius 1 is 1.31 bits per heavy atom. The summed E-state index contributed by atoms with van der Waals surface area (Å²) in [5, 5.41) is 4.73. The molecule has 0 aliphatic heterocycles. The molecule has 3 heteroatoms. The Bertz CT molecular complexity index is 384. The van der Waals surface area contributed by atoms with Crippen molar-refractivity contribution >= 4 is 15.9 Å². The van der Waals surface area contributed by atoms with Crippen LogP contribution < -0.4 is 0 Å². The fourth-order valence-electron chi connectivity index (χ4n) is 1.18. The van der Waals surface area contributed by atoms with Crippen molar-refractivity contribution in [3.05, 3.63) is 42.2 Å². The third-order valence-electron chi connectivity index (χ3n) is 1.81. The molecule has 66 valence electrons. The smallest absolute Gasteiger partial charge is 0.124 e. The van der Waals surface area contributed by atoms with Crippen molar-refractivity contribution in [1.29, 1.82) is 0 Å². The first-order valence-corrected chi connectivity index (χ1v) is 5.08. The number of nitrogens with zero attached hydrogens (tertiary/aromatic N) is 1. The molecule has 0 N–H and O–H groups in total. The molecule has 0 spiro atoms. The summed E-state index contributed by atoms with van der Waals surface area (Å²) in [7, 11) is 0. The van der Waals surface area contributed by atoms with Gasteiger partial charge in [0.15, 0.2) is 0 Å². The quantitative estimate of drug-likeness (QED) is 0.750. The summed E-state index contributed by atoms with van der Waals surface area (Å²) in [4.78, 5) is 0. The van der Waals surface area contributed by atoms with Crippen molar-refractivity contribution in [2.75, 3.05) is 0 Å². The second-order valence-corrected chi connectivity index (χ2v) is 3.28. The van der Waals surface area contributed by atoms with E-state index in [4.69, 9.17) is 4.52 Å². The van der Waals surface area contributed by atoms with Crippen molar-refractivity contribution in [2.24, 2.45) is 0 Å². The van der Waals surface area contributed by atoms with E-state index in [9.17, 15) is 0 Å². The van der Waals surface area contributed by atoms with Crippen LogP contribution in [0.4, 0.5) is 0 Å². The molecule has 1 heterocycles. The van der Waals surface area contributed by atoms with Gasteiger partial charge in [-0.25, -0.2) is 0 Å². The van der Waals surface area contributed by atoms with E-state index in [1.54, 1.807) is 6.26 Å². The third kappa shape index (κ3) is 1.80. The van der Waals surface area contributed by atoms with Crippen molar-refractivity contribution in [1.82, 2.24) is 5.16 Å². The van der Waals surface area contributed by atoms with Gasteiger partial charge in [0.2, 0.25) is 0 Å². The zero-order chi connectivity index (χ0) is 9.10. The van der Waals surface area contributed by atoms with E-state index < -0.39 is 0 Å². The highest BCUT2D eigenvalue weighted by atomic mass is 79.9. The predicted molar refractivity (Wildman–Crippen MR) is 54.6 cm³/mol. The highest BCUT2D eigenvalue weighted by Crippen LogP contribution is 2.19. The lowest BCUT2D eigenvalue weighted by molar-refractivity contribution is 0.422. The van der Waals surface area contributed by atoms with Crippen LogP contribution in [-0.4, -0.2) is 5.16 Å². The minimum Gasteiger partial charge on any atom is -0.364 e. The summed E-state index contributed by atoms with van der Waals surface area (Å²) in [6, 6.07) is 10.0. The lowest BCUT2D eigenvalue weighted by atomic mass is 10.1. The van der Waals surface area contributed by atoms with E-state index in [0.29, 0.717) is 0 Å². The normalized spacial score (nSPS) is 10.2. The maximum absolute atomic E-state index is 4.78. The van der Waals surface area contributed by atoms with Crippen LogP contribution in [0.15, 0.2) is 41.1 Å². The van der Waals surface area contributed by atoms with E-state index in [1.165, 1.54) is 5.56 Å². The van der Waals surface area contributed by atoms with Gasteiger partial charge < -0.3 is 4.52 Å². The Morgan fingerprint density at radius 2 is 2.23 bits per heavy atom. The Hall–Kier alpha value is -1.09. The van der Waals surface area contributed by atoms with Crippen LogP contribution in [-0.2, 0) is 5.33 Å². The van der Waals surface area contributed by atoms with Gasteiger partial charge in [0.1, 0.15) is 12.0 Å². The summed E-state index contributed by atoms with van der Waals surface area (Å²) >= 11 is 3.41. The first-order valence-electron chi connectivity index (χ1n) is 3.96. The molecule has 0 radical (unpaired) electrons. The third-order valence-corrected chi connectivity index (χ3v) is 2.46. The van der Waals surface area contributed by atoms with Gasteiger partial charge in [0, 0.05) is 17.0 Å². The van der Waals surface area contributed by atoms with Gasteiger partial charge in [-0.1, -0.05) is 39.3 Å². The molecule has 2 nitrogen and oxygen atoms in total. The molecule has 0 saturated heterocycles. The maximum atomic E-state index is 4.78. The van der Waals surface area contributed by atoms with Crippen molar-refractivity contribution in [3.63, 3.8) is 0 Å². The molecule has 0 unspecified atom stereocenters. The molecular weight excluding hydrogens is 230 g/mol. The highest BCUT2D eigenvalue weighted by molar-refractivity contribution is 9.08. The lowest BCUT2D eigenvalue weighted by Crippen LogP contribution is -1.80. The molecule has 0 fully saturated rings. The maximum Gasteiger partial charge on any atom is 0.124 e. The molecule has 2 aromatic rings. The van der Waals surface area contributed by atoms with Crippen LogP contribution in [0.1, 0.15) is 5.56 Å². The summed E-state index contributed by atoms with van der Waals surface area (Å²) in [6.07, 6.45) is 1.58. The lowest BCUT2D eigenvalue weighted by Gasteiger charge is -1.98. The van der Waals surface area contributed by atoms with Crippen LogP contribution in [0.5, 0.6) is 0 Å². The monoisotopic (exact) mass is 237 g/mol. The standard InChI is InChI=1S/C10H8BrNO/c11-7-8-2-1-3-9(6-8)10-4-5-13-12-10/h1-6H,7H2. The second-order valence-electron chi connectivity index (χ2n) is 2.72. The van der Waals surface area contributed by atoms with Crippen LogP contribution in [0.3, 0.4) is 0 Å². The van der Waals surface area contributed by atoms with Crippen LogP contribution >= 0.6 is 15.9 Å². The summed E-state index contributed by atoms with van der Waals surface area (Å²) in [5.74, 6) is 0. The van der Waals surface area contributed by atoms with Crippen LogP contribution in [0.2, 0.25) is 0 Å². The SMILES string of the molecule is BrCc1cccc(-c2ccon2)c1. The molecule has 0 amide bonds. The van der Waals surface area contributed by atoms with Gasteiger partial charge in [-0.05, 0) is 11.6 Å². The van der Waals surface area contributed by atoms with Crippen molar-refractivity contribution in [2.45, 2.75) is 5.33 Å². The van der Waals surface area contributed by atoms with Gasteiger partial charge in [-0.3, -0.25) is 0 Å². The first kappa shape index (κ1) is 8.51. The number of hydrogen-bond acceptors (Lipinski definition) is 2. The predicted octanol–water partition coefficient (Wildman–Crippen LogP) is 3.24. The molecule has 0 atom stereocenters. The molecule has 0 aliphatic carbocycles. The van der Waals surface area contributed by atoms with Gasteiger partial charge >= 0.3 is 0 Å². The first-order chi connectivity index (χ1) is 6.40. The minimum absolute atomic E-state index is 0.860. The average Bonchev–Trinajstić information content (AvgIpc) is 2.71. The summed E-state index contributed by atoms with van der Waals surface area (Å²) < 4.78 is 4.78. The number of benzene rings is 1. The van der Waals surface area contributed by atoms with Gasteiger partial charge in [0.25, 0.3) is 0 Å². The van der Waals surface area contributed by atoms with E-state index in [0.717, 1.165) is 16.6 Å². The Balaban J connectivity index is 2.41. The molecular formula is C10H8BrNO. The van der Waals surface area contributed by atoms with Gasteiger partial charge in [-0.2, -0.15) is 0 Å². The number of hydrogen-bond donors (Lipinski definition) is 0. The zero-order valence-corrected chi connectivity index (χ0v) is 8.49. The Morgan fingerprint density at radius 3 is 2.92 bits per heavy atom. The fourth-order valence-corrected chi connectivity index (χ4v) is 1.52. The summed E-state index contributed by atoms with van der Waals surface area (Å²) in [6.45, 7) is 0. The molecule has 0 bridgehead atoms. The number of aromatic nitrogens is 1. The molecule has 0 aliphatic rings. The second kappa shape index (κ2) is 3.75. The minimum atomic E-state index is 0.860. The average molecular weight is 238 g/mol. The summed E-state index contributed by atoms with van der Waals surface area (Å²) in [5.41, 5.74) is 3.20. The van der Waals surface area contributed by atoms with E-state index in [2.05, 4.69) is 33.2 Å². The number of alkyl halides is 1. The Labute approximate surface area is 84.7 Å². The highest BCUT2D eigenvalue weighted by Gasteiger charge is 2.00. The topological polar surface area (TPSA) is 26.0 Å². The van der Waals surface area contributed by atoms with E-state index >= 15 is 0 Å². The zero-order valence-electron chi connectivity index (χ0n) is 6.90. The Kier molecular flexibility index (Phi) is 2.45. The molecule has 1 aromatic heterocycles. The molecule has 0 saturated carbocycles. The van der Waals surface area contributed by atoms with Crippen LogP contribution in [0, 0.1) is 0 Å². The molecule has 13 heavy (non-hydrogen) atoms. The van der Waals surface area contributed by atoms with Crippen molar-refractivity contribution in [3.8, 4) is 11.3 Å². The fraction of sp³-hybridized carbons (Fsp3) is 0.100. The number of rotatable bonds is 2. The van der Waals surface area contributed by atoms with Gasteiger partial charge in [-0.15, -0.1) is 0 Å². The number of halogens is 1. The van der Waals surface area contributed by atoms with E-state index in [-0.39, 0.29) is 0 Å². The van der Waals surface area contributed by atoms with Crippen LogP contribution in [0.25, 0.3) is 11.3 Å². The van der Waals surface area contributed by atoms with E-state index in [1.807, 2.05) is 18.2 Å². The molecule has 1 aromatic carbocycles. The largest absolute Gasteiger partial charge is 0.364 e. The molecule has 2 rings (SSSR count). The van der Waals surface area contributed by atoms with Gasteiger partial charge in [0.05, 0.1) is 0 Å².